The molecule has 0 bridgehead atoms. The molecule has 3 aromatic heterocycles. The molecule has 0 aliphatic rings. The number of rotatable bonds is 3. The van der Waals surface area contributed by atoms with Crippen LogP contribution in [0.5, 0.6) is 0 Å². The van der Waals surface area contributed by atoms with Gasteiger partial charge in [0.25, 0.3) is 5.91 Å². The van der Waals surface area contributed by atoms with Gasteiger partial charge in [0.2, 0.25) is 0 Å². The van der Waals surface area contributed by atoms with E-state index in [9.17, 15) is 4.79 Å². The van der Waals surface area contributed by atoms with Crippen molar-refractivity contribution in [2.45, 2.75) is 0 Å². The van der Waals surface area contributed by atoms with E-state index in [-0.39, 0.29) is 0 Å². The molecular weight excluding hydrogens is 262 g/mol. The van der Waals surface area contributed by atoms with Gasteiger partial charge in [0.05, 0.1) is 16.8 Å². The average Bonchev–Trinajstić information content (AvgIpc) is 3.09. The summed E-state index contributed by atoms with van der Waals surface area (Å²) in [5, 5.41) is 6.22. The van der Waals surface area contributed by atoms with Crippen LogP contribution in [0.15, 0.2) is 42.3 Å². The van der Waals surface area contributed by atoms with Crippen LogP contribution in [-0.4, -0.2) is 25.7 Å². The van der Waals surface area contributed by atoms with Gasteiger partial charge in [-0.25, -0.2) is 4.68 Å². The lowest BCUT2D eigenvalue weighted by molar-refractivity contribution is 0.100. The minimum absolute atomic E-state index is 0.433. The van der Waals surface area contributed by atoms with Gasteiger partial charge in [-0.2, -0.15) is 5.10 Å². The zero-order valence-corrected chi connectivity index (χ0v) is 10.5. The molecule has 0 unspecified atom stereocenters. The molecule has 0 fully saturated rings. The average molecular weight is 271 g/mol. The Bertz CT molecular complexity index is 719. The lowest BCUT2D eigenvalue weighted by atomic mass is 10.3. The largest absolute Gasteiger partial charge is 0.365 e. The third-order valence-corrected chi connectivity index (χ3v) is 3.44. The first-order valence-corrected chi connectivity index (χ1v) is 6.33. The Kier molecular flexibility index (Phi) is 2.81. The SMILES string of the molecule is NC(=O)c1cc(-n2ccc(-c3cnccn3)n2)cs1. The summed E-state index contributed by atoms with van der Waals surface area (Å²) in [6.07, 6.45) is 6.68. The van der Waals surface area contributed by atoms with Gasteiger partial charge in [-0.05, 0) is 12.1 Å². The van der Waals surface area contributed by atoms with E-state index in [1.807, 2.05) is 11.4 Å². The number of amides is 1. The maximum Gasteiger partial charge on any atom is 0.258 e. The molecule has 3 heterocycles. The van der Waals surface area contributed by atoms with Crippen molar-refractivity contribution in [3.05, 3.63) is 47.2 Å². The van der Waals surface area contributed by atoms with Gasteiger partial charge in [0, 0.05) is 24.0 Å². The first kappa shape index (κ1) is 11.5. The molecule has 0 aliphatic heterocycles. The number of nitrogens with zero attached hydrogens (tertiary/aromatic N) is 4. The Morgan fingerprint density at radius 2 is 2.21 bits per heavy atom. The highest BCUT2D eigenvalue weighted by Gasteiger charge is 2.09. The fourth-order valence-electron chi connectivity index (χ4n) is 1.61. The Balaban J connectivity index is 1.94. The van der Waals surface area contributed by atoms with Crippen molar-refractivity contribution in [3.63, 3.8) is 0 Å². The first-order valence-electron chi connectivity index (χ1n) is 5.45. The monoisotopic (exact) mass is 271 g/mol. The molecule has 3 aromatic rings. The fourth-order valence-corrected chi connectivity index (χ4v) is 2.34. The molecule has 0 aromatic carbocycles. The molecule has 3 rings (SSSR count). The maximum absolute atomic E-state index is 11.1. The van der Waals surface area contributed by atoms with Crippen molar-refractivity contribution in [2.75, 3.05) is 0 Å². The van der Waals surface area contributed by atoms with Crippen molar-refractivity contribution in [1.29, 1.82) is 0 Å². The predicted molar refractivity (Wildman–Crippen MR) is 71.0 cm³/mol. The van der Waals surface area contributed by atoms with E-state index >= 15 is 0 Å². The first-order chi connectivity index (χ1) is 9.24. The predicted octanol–water partition coefficient (Wildman–Crippen LogP) is 1.49. The standard InChI is InChI=1S/C12H9N5OS/c13-12(18)11-5-8(7-19-11)17-4-1-9(16-17)10-6-14-2-3-15-10/h1-7H,(H2,13,18). The summed E-state index contributed by atoms with van der Waals surface area (Å²) in [6.45, 7) is 0. The van der Waals surface area contributed by atoms with E-state index in [1.54, 1.807) is 35.5 Å². The molecule has 19 heavy (non-hydrogen) atoms. The van der Waals surface area contributed by atoms with Gasteiger partial charge in [-0.1, -0.05) is 0 Å². The van der Waals surface area contributed by atoms with Gasteiger partial charge in [-0.15, -0.1) is 11.3 Å². The van der Waals surface area contributed by atoms with E-state index < -0.39 is 5.91 Å². The number of thiophene rings is 1. The number of hydrogen-bond donors (Lipinski definition) is 1. The van der Waals surface area contributed by atoms with E-state index in [0.717, 1.165) is 11.4 Å². The number of hydrogen-bond acceptors (Lipinski definition) is 5. The summed E-state index contributed by atoms with van der Waals surface area (Å²) in [6, 6.07) is 3.55. The van der Waals surface area contributed by atoms with Crippen molar-refractivity contribution in [3.8, 4) is 17.1 Å². The highest BCUT2D eigenvalue weighted by molar-refractivity contribution is 7.12. The summed E-state index contributed by atoms with van der Waals surface area (Å²) in [5.74, 6) is -0.433. The molecule has 2 N–H and O–H groups in total. The second-order valence-corrected chi connectivity index (χ2v) is 4.68. The van der Waals surface area contributed by atoms with Crippen LogP contribution in [-0.2, 0) is 0 Å². The summed E-state index contributed by atoms with van der Waals surface area (Å²) in [7, 11) is 0. The lowest BCUT2D eigenvalue weighted by Crippen LogP contribution is -2.08. The Labute approximate surface area is 112 Å². The molecular formula is C12H9N5OS. The molecule has 0 radical (unpaired) electrons. The van der Waals surface area contributed by atoms with Gasteiger partial charge >= 0.3 is 0 Å². The molecule has 0 aliphatic carbocycles. The van der Waals surface area contributed by atoms with Gasteiger partial charge in [0.15, 0.2) is 0 Å². The third-order valence-electron chi connectivity index (χ3n) is 2.51. The molecule has 0 atom stereocenters. The second kappa shape index (κ2) is 4.62. The minimum atomic E-state index is -0.433. The number of nitrogens with two attached hydrogens (primary N) is 1. The van der Waals surface area contributed by atoms with Gasteiger partial charge in [0.1, 0.15) is 11.4 Å². The van der Waals surface area contributed by atoms with Crippen LogP contribution in [0.3, 0.4) is 0 Å². The quantitative estimate of drug-likeness (QED) is 0.781. The Morgan fingerprint density at radius 3 is 2.89 bits per heavy atom. The van der Waals surface area contributed by atoms with E-state index in [2.05, 4.69) is 15.1 Å². The van der Waals surface area contributed by atoms with Gasteiger partial charge in [-0.3, -0.25) is 14.8 Å². The Morgan fingerprint density at radius 1 is 1.32 bits per heavy atom. The molecule has 0 saturated carbocycles. The normalized spacial score (nSPS) is 10.5. The second-order valence-electron chi connectivity index (χ2n) is 3.77. The van der Waals surface area contributed by atoms with Crippen molar-refractivity contribution in [1.82, 2.24) is 19.7 Å². The van der Waals surface area contributed by atoms with Crippen LogP contribution in [0, 0.1) is 0 Å². The van der Waals surface area contributed by atoms with Crippen LogP contribution in [0.25, 0.3) is 17.1 Å². The number of primary amides is 1. The molecule has 6 nitrogen and oxygen atoms in total. The molecule has 0 spiro atoms. The third kappa shape index (κ3) is 2.23. The fraction of sp³-hybridized carbons (Fsp3) is 0. The van der Waals surface area contributed by atoms with Crippen molar-refractivity contribution < 1.29 is 4.79 Å². The topological polar surface area (TPSA) is 86.7 Å². The summed E-state index contributed by atoms with van der Waals surface area (Å²) < 4.78 is 1.67. The molecule has 1 amide bonds. The van der Waals surface area contributed by atoms with Crippen LogP contribution < -0.4 is 5.73 Å². The van der Waals surface area contributed by atoms with Crippen LogP contribution in [0.4, 0.5) is 0 Å². The zero-order chi connectivity index (χ0) is 13.2. The van der Waals surface area contributed by atoms with Crippen molar-refractivity contribution in [2.24, 2.45) is 5.73 Å². The zero-order valence-electron chi connectivity index (χ0n) is 9.72. The van der Waals surface area contributed by atoms with Crippen LogP contribution >= 0.6 is 11.3 Å². The summed E-state index contributed by atoms with van der Waals surface area (Å²) in [5.41, 5.74) is 7.45. The summed E-state index contributed by atoms with van der Waals surface area (Å²) >= 11 is 1.29. The number of carbonyl (C=O) groups is 1. The summed E-state index contributed by atoms with van der Waals surface area (Å²) in [4.78, 5) is 19.7. The Hall–Kier alpha value is -2.54. The van der Waals surface area contributed by atoms with Crippen molar-refractivity contribution >= 4 is 17.2 Å². The lowest BCUT2D eigenvalue weighted by Gasteiger charge is -1.96. The maximum atomic E-state index is 11.1. The number of aromatic nitrogens is 4. The smallest absolute Gasteiger partial charge is 0.258 e. The highest BCUT2D eigenvalue weighted by Crippen LogP contribution is 2.20. The molecule has 7 heteroatoms. The van der Waals surface area contributed by atoms with Gasteiger partial charge < -0.3 is 5.73 Å². The van der Waals surface area contributed by atoms with Crippen LogP contribution in [0.2, 0.25) is 0 Å². The van der Waals surface area contributed by atoms with E-state index in [0.29, 0.717) is 10.6 Å². The van der Waals surface area contributed by atoms with E-state index in [1.165, 1.54) is 11.3 Å². The van der Waals surface area contributed by atoms with Crippen LogP contribution in [0.1, 0.15) is 9.67 Å². The highest BCUT2D eigenvalue weighted by atomic mass is 32.1. The number of carbonyl (C=O) groups excluding carboxylic acids is 1. The minimum Gasteiger partial charge on any atom is -0.365 e. The molecule has 0 saturated heterocycles. The van der Waals surface area contributed by atoms with E-state index in [4.69, 9.17) is 5.73 Å². The molecule has 94 valence electrons.